The van der Waals surface area contributed by atoms with Gasteiger partial charge in [-0.05, 0) is 69.6 Å². The van der Waals surface area contributed by atoms with Crippen LogP contribution >= 0.6 is 0 Å². The van der Waals surface area contributed by atoms with Crippen molar-refractivity contribution in [2.75, 3.05) is 25.1 Å². The van der Waals surface area contributed by atoms with Crippen LogP contribution in [0, 0.1) is 33.5 Å². The number of ether oxygens (including phenoxy) is 1. The minimum absolute atomic E-state index is 0.0711. The molecule has 3 heterocycles. The largest absolute Gasteiger partial charge is 0.491 e. The fourth-order valence-corrected chi connectivity index (χ4v) is 4.99. The summed E-state index contributed by atoms with van der Waals surface area (Å²) in [7, 11) is 1.75. The van der Waals surface area contributed by atoms with E-state index in [0.717, 1.165) is 16.9 Å². The standard InChI is InChI=1S/C29H32FN5O3/c1-16-7-6-8-20-13-35(14-24(16)20)29-17(2)27(26-18(3)34-38-19(26)4)32-28(33-29)23-11-22(9-10-25(23)30)37-15-21(36)12-31-5/h6-11,21,31,36H,12-15H2,1-5H3/t21-/m1/s1. The van der Waals surface area contributed by atoms with Crippen molar-refractivity contribution >= 4 is 5.82 Å². The monoisotopic (exact) mass is 517 g/mol. The Morgan fingerprint density at radius 2 is 1.95 bits per heavy atom. The Morgan fingerprint density at radius 1 is 1.13 bits per heavy atom. The van der Waals surface area contributed by atoms with Crippen molar-refractivity contribution < 1.29 is 18.8 Å². The zero-order chi connectivity index (χ0) is 27.0. The summed E-state index contributed by atoms with van der Waals surface area (Å²) in [6, 6.07) is 10.8. The van der Waals surface area contributed by atoms with Crippen molar-refractivity contribution in [2.45, 2.75) is 46.9 Å². The van der Waals surface area contributed by atoms with Gasteiger partial charge < -0.3 is 24.6 Å². The number of aliphatic hydroxyl groups is 1. The fraction of sp³-hybridized carbons (Fsp3) is 0.345. The minimum atomic E-state index is -0.692. The van der Waals surface area contributed by atoms with E-state index in [1.54, 1.807) is 13.1 Å². The Bertz CT molecular complexity index is 1470. The molecule has 0 aliphatic carbocycles. The summed E-state index contributed by atoms with van der Waals surface area (Å²) in [5.74, 6) is 1.57. The van der Waals surface area contributed by atoms with Crippen LogP contribution in [0.3, 0.4) is 0 Å². The number of nitrogens with one attached hydrogen (secondary N) is 1. The summed E-state index contributed by atoms with van der Waals surface area (Å²) in [5, 5.41) is 17.0. The number of rotatable bonds is 8. The smallest absolute Gasteiger partial charge is 0.165 e. The van der Waals surface area contributed by atoms with Crippen LogP contribution in [0.15, 0.2) is 40.9 Å². The molecule has 0 amide bonds. The third-order valence-corrected chi connectivity index (χ3v) is 6.97. The highest BCUT2D eigenvalue weighted by atomic mass is 19.1. The number of nitrogens with zero attached hydrogens (tertiary/aromatic N) is 4. The molecule has 38 heavy (non-hydrogen) atoms. The summed E-state index contributed by atoms with van der Waals surface area (Å²) in [5.41, 5.74) is 7.01. The highest BCUT2D eigenvalue weighted by Crippen LogP contribution is 2.38. The average Bonchev–Trinajstić information content (AvgIpc) is 3.48. The Balaban J connectivity index is 1.61. The van der Waals surface area contributed by atoms with Gasteiger partial charge in [0.05, 0.1) is 22.5 Å². The Morgan fingerprint density at radius 3 is 2.66 bits per heavy atom. The molecule has 1 atom stereocenters. The number of hydrogen-bond acceptors (Lipinski definition) is 8. The molecule has 1 aliphatic heterocycles. The number of aryl methyl sites for hydroxylation is 3. The quantitative estimate of drug-likeness (QED) is 0.349. The first kappa shape index (κ1) is 25.8. The molecule has 0 bridgehead atoms. The first-order valence-corrected chi connectivity index (χ1v) is 12.7. The third kappa shape index (κ3) is 4.87. The molecule has 4 aromatic rings. The second-order valence-electron chi connectivity index (χ2n) is 9.78. The summed E-state index contributed by atoms with van der Waals surface area (Å²) in [6.07, 6.45) is -0.692. The number of likely N-dealkylation sites (N-methyl/N-ethyl adjacent to an activating group) is 1. The lowest BCUT2D eigenvalue weighted by Crippen LogP contribution is -2.29. The normalized spacial score (nSPS) is 13.6. The van der Waals surface area contributed by atoms with Gasteiger partial charge in [-0.15, -0.1) is 0 Å². The second-order valence-corrected chi connectivity index (χ2v) is 9.78. The van der Waals surface area contributed by atoms with Gasteiger partial charge in [0.15, 0.2) is 5.82 Å². The Kier molecular flexibility index (Phi) is 7.14. The van der Waals surface area contributed by atoms with Crippen LogP contribution in [0.4, 0.5) is 10.2 Å². The molecule has 2 aromatic heterocycles. The van der Waals surface area contributed by atoms with Crippen molar-refractivity contribution in [1.29, 1.82) is 0 Å². The van der Waals surface area contributed by atoms with E-state index in [0.29, 0.717) is 42.5 Å². The molecule has 0 fully saturated rings. The number of benzene rings is 2. The van der Waals surface area contributed by atoms with Gasteiger partial charge in [-0.3, -0.25) is 0 Å². The summed E-state index contributed by atoms with van der Waals surface area (Å²) < 4.78 is 26.4. The van der Waals surface area contributed by atoms with E-state index in [-0.39, 0.29) is 18.0 Å². The molecular formula is C29H32FN5O3. The van der Waals surface area contributed by atoms with Gasteiger partial charge in [0.2, 0.25) is 0 Å². The molecule has 0 radical (unpaired) electrons. The van der Waals surface area contributed by atoms with E-state index in [1.807, 2.05) is 20.8 Å². The lowest BCUT2D eigenvalue weighted by Gasteiger charge is -2.22. The predicted octanol–water partition coefficient (Wildman–Crippen LogP) is 4.65. The topological polar surface area (TPSA) is 96.5 Å². The number of hydrogen-bond donors (Lipinski definition) is 2. The molecule has 0 unspecified atom stereocenters. The molecule has 8 nitrogen and oxygen atoms in total. The molecule has 0 saturated carbocycles. The molecule has 1 aliphatic rings. The highest BCUT2D eigenvalue weighted by Gasteiger charge is 2.27. The summed E-state index contributed by atoms with van der Waals surface area (Å²) in [6.45, 7) is 9.67. The van der Waals surface area contributed by atoms with E-state index in [1.165, 1.54) is 28.8 Å². The van der Waals surface area contributed by atoms with Crippen LogP contribution in [0.1, 0.15) is 33.7 Å². The van der Waals surface area contributed by atoms with Crippen molar-refractivity contribution in [3.8, 4) is 28.4 Å². The van der Waals surface area contributed by atoms with Crippen LogP contribution in [0.5, 0.6) is 5.75 Å². The highest BCUT2D eigenvalue weighted by molar-refractivity contribution is 5.75. The molecule has 0 saturated heterocycles. The van der Waals surface area contributed by atoms with Crippen LogP contribution in [-0.4, -0.2) is 46.5 Å². The summed E-state index contributed by atoms with van der Waals surface area (Å²) in [4.78, 5) is 11.9. The van der Waals surface area contributed by atoms with Crippen molar-refractivity contribution in [3.05, 3.63) is 75.9 Å². The van der Waals surface area contributed by atoms with Gasteiger partial charge >= 0.3 is 0 Å². The van der Waals surface area contributed by atoms with Gasteiger partial charge in [-0.2, -0.15) is 0 Å². The predicted molar refractivity (Wildman–Crippen MR) is 144 cm³/mol. The van der Waals surface area contributed by atoms with E-state index in [4.69, 9.17) is 19.2 Å². The van der Waals surface area contributed by atoms with Gasteiger partial charge in [0.25, 0.3) is 0 Å². The maximum atomic E-state index is 15.2. The molecular weight excluding hydrogens is 485 g/mol. The first-order valence-electron chi connectivity index (χ1n) is 12.7. The van der Waals surface area contributed by atoms with Gasteiger partial charge in [0.1, 0.15) is 35.9 Å². The average molecular weight is 518 g/mol. The van der Waals surface area contributed by atoms with Crippen LogP contribution in [-0.2, 0) is 13.1 Å². The number of aromatic nitrogens is 3. The van der Waals surface area contributed by atoms with Gasteiger partial charge in [-0.1, -0.05) is 23.4 Å². The van der Waals surface area contributed by atoms with E-state index in [9.17, 15) is 5.11 Å². The second kappa shape index (κ2) is 10.5. The number of aliphatic hydroxyl groups excluding tert-OH is 1. The van der Waals surface area contributed by atoms with Crippen molar-refractivity contribution in [1.82, 2.24) is 20.4 Å². The maximum Gasteiger partial charge on any atom is 0.165 e. The van der Waals surface area contributed by atoms with Crippen molar-refractivity contribution in [2.24, 2.45) is 0 Å². The zero-order valence-corrected chi connectivity index (χ0v) is 22.3. The molecule has 2 N–H and O–H groups in total. The number of anilines is 1. The lowest BCUT2D eigenvalue weighted by molar-refractivity contribution is 0.108. The minimum Gasteiger partial charge on any atom is -0.491 e. The van der Waals surface area contributed by atoms with Gasteiger partial charge in [-0.25, -0.2) is 14.4 Å². The van der Waals surface area contributed by atoms with Gasteiger partial charge in [0, 0.05) is 25.2 Å². The lowest BCUT2D eigenvalue weighted by atomic mass is 10.0. The van der Waals surface area contributed by atoms with Crippen LogP contribution in [0.25, 0.3) is 22.6 Å². The first-order chi connectivity index (χ1) is 18.3. The van der Waals surface area contributed by atoms with Crippen LogP contribution in [0.2, 0.25) is 0 Å². The van der Waals surface area contributed by atoms with Crippen molar-refractivity contribution in [3.63, 3.8) is 0 Å². The summed E-state index contributed by atoms with van der Waals surface area (Å²) >= 11 is 0. The molecule has 9 heteroatoms. The SMILES string of the molecule is CNC[C@@H](O)COc1ccc(F)c(-c2nc(-c3c(C)noc3C)c(C)c(N3Cc4cccc(C)c4C3)n2)c1. The molecule has 2 aromatic carbocycles. The molecule has 5 rings (SSSR count). The number of fused-ring (bicyclic) bond motifs is 1. The zero-order valence-electron chi connectivity index (χ0n) is 22.3. The fourth-order valence-electron chi connectivity index (χ4n) is 4.99. The maximum absolute atomic E-state index is 15.2. The van der Waals surface area contributed by atoms with E-state index < -0.39 is 11.9 Å². The van der Waals surface area contributed by atoms with E-state index in [2.05, 4.69) is 40.5 Å². The number of halogens is 1. The van der Waals surface area contributed by atoms with Crippen LogP contribution < -0.4 is 15.0 Å². The molecule has 0 spiro atoms. The Hall–Kier alpha value is -3.82. The van der Waals surface area contributed by atoms with E-state index >= 15 is 4.39 Å². The molecule has 198 valence electrons. The third-order valence-electron chi connectivity index (χ3n) is 6.97. The Labute approximate surface area is 221 Å².